The van der Waals surface area contributed by atoms with Gasteiger partial charge in [0.1, 0.15) is 11.6 Å². The topological polar surface area (TPSA) is 46.9 Å². The summed E-state index contributed by atoms with van der Waals surface area (Å²) in [4.78, 5) is 17.0. The van der Waals surface area contributed by atoms with Crippen molar-refractivity contribution in [2.24, 2.45) is 0 Å². The first kappa shape index (κ1) is 21.1. The van der Waals surface area contributed by atoms with Crippen molar-refractivity contribution in [3.8, 4) is 0 Å². The van der Waals surface area contributed by atoms with Crippen LogP contribution in [0, 0.1) is 12.7 Å². The molecule has 4 nitrogen and oxygen atoms in total. The van der Waals surface area contributed by atoms with E-state index in [2.05, 4.69) is 5.32 Å². The highest BCUT2D eigenvalue weighted by atomic mass is 35.5. The average Bonchev–Trinajstić information content (AvgIpc) is 3.11. The molecule has 6 heteroatoms. The van der Waals surface area contributed by atoms with Gasteiger partial charge in [0.05, 0.1) is 17.6 Å². The number of fused-ring (bicyclic) bond motifs is 1. The molecule has 0 aliphatic rings. The van der Waals surface area contributed by atoms with Crippen molar-refractivity contribution in [2.75, 3.05) is 6.54 Å². The lowest BCUT2D eigenvalue weighted by Crippen LogP contribution is -2.25. The molecule has 1 amide bonds. The lowest BCUT2D eigenvalue weighted by atomic mass is 10.1. The molecule has 4 rings (SSSR count). The first-order valence-corrected chi connectivity index (χ1v) is 10.6. The van der Waals surface area contributed by atoms with Gasteiger partial charge < -0.3 is 9.88 Å². The highest BCUT2D eigenvalue weighted by molar-refractivity contribution is 6.31. The molecule has 1 N–H and O–H groups in total. The molecule has 0 saturated heterocycles. The third kappa shape index (κ3) is 4.78. The molecule has 0 bridgehead atoms. The summed E-state index contributed by atoms with van der Waals surface area (Å²) < 4.78 is 16.4. The molecule has 1 aromatic heterocycles. The van der Waals surface area contributed by atoms with Crippen LogP contribution in [0.1, 0.15) is 33.7 Å². The number of imidazole rings is 1. The van der Waals surface area contributed by atoms with Gasteiger partial charge in [-0.15, -0.1) is 0 Å². The molecular weight excluding hydrogens is 413 g/mol. The van der Waals surface area contributed by atoms with Gasteiger partial charge in [0.15, 0.2) is 0 Å². The lowest BCUT2D eigenvalue weighted by Gasteiger charge is -2.12. The lowest BCUT2D eigenvalue weighted by molar-refractivity contribution is 0.0953. The minimum Gasteiger partial charge on any atom is -0.352 e. The van der Waals surface area contributed by atoms with E-state index in [-0.39, 0.29) is 11.7 Å². The van der Waals surface area contributed by atoms with Crippen LogP contribution in [0.3, 0.4) is 0 Å². The van der Waals surface area contributed by atoms with E-state index in [0.29, 0.717) is 42.1 Å². The van der Waals surface area contributed by atoms with Crippen LogP contribution in [0.15, 0.2) is 66.7 Å². The fraction of sp³-hybridized carbons (Fsp3) is 0.200. The van der Waals surface area contributed by atoms with E-state index in [1.165, 1.54) is 6.07 Å². The van der Waals surface area contributed by atoms with Crippen LogP contribution in [-0.2, 0) is 13.0 Å². The van der Waals surface area contributed by atoms with E-state index in [1.54, 1.807) is 12.1 Å². The highest BCUT2D eigenvalue weighted by Gasteiger charge is 2.15. The van der Waals surface area contributed by atoms with Crippen LogP contribution in [0.25, 0.3) is 11.0 Å². The van der Waals surface area contributed by atoms with Gasteiger partial charge in [0.25, 0.3) is 5.91 Å². The minimum atomic E-state index is -0.332. The molecular formula is C25H23ClFN3O. The number of nitrogens with one attached hydrogen (secondary N) is 1. The fourth-order valence-electron chi connectivity index (χ4n) is 3.59. The first-order valence-electron chi connectivity index (χ1n) is 10.2. The molecule has 0 radical (unpaired) electrons. The van der Waals surface area contributed by atoms with E-state index in [9.17, 15) is 9.18 Å². The van der Waals surface area contributed by atoms with Crippen LogP contribution in [0.2, 0.25) is 5.02 Å². The molecule has 0 spiro atoms. The second-order valence-corrected chi connectivity index (χ2v) is 7.94. The molecule has 3 aromatic carbocycles. The van der Waals surface area contributed by atoms with Crippen LogP contribution in [0.5, 0.6) is 0 Å². The number of benzene rings is 3. The zero-order valence-electron chi connectivity index (χ0n) is 17.2. The van der Waals surface area contributed by atoms with E-state index in [1.807, 2.05) is 60.0 Å². The number of rotatable bonds is 7. The molecule has 4 aromatic rings. The van der Waals surface area contributed by atoms with E-state index >= 15 is 0 Å². The Morgan fingerprint density at radius 1 is 1.06 bits per heavy atom. The van der Waals surface area contributed by atoms with Crippen molar-refractivity contribution in [1.29, 1.82) is 0 Å². The highest BCUT2D eigenvalue weighted by Crippen LogP contribution is 2.24. The number of para-hydroxylation sites is 2. The standard InChI is InChI=1S/C25H23ClFN3O/c1-17-11-13-18(14-12-17)25(31)28-15-5-10-24-29-22-8-2-3-9-23(22)30(24)16-19-20(26)6-4-7-21(19)27/h2-4,6-9,11-14H,5,10,15-16H2,1H3,(H,28,31). The van der Waals surface area contributed by atoms with Gasteiger partial charge in [0, 0.05) is 29.1 Å². The number of halogens is 2. The molecule has 1 heterocycles. The van der Waals surface area contributed by atoms with Crippen molar-refractivity contribution in [1.82, 2.24) is 14.9 Å². The van der Waals surface area contributed by atoms with Crippen LogP contribution >= 0.6 is 11.6 Å². The molecule has 0 atom stereocenters. The summed E-state index contributed by atoms with van der Waals surface area (Å²) in [6, 6.07) is 20.0. The Morgan fingerprint density at radius 3 is 2.61 bits per heavy atom. The second kappa shape index (κ2) is 9.31. The fourth-order valence-corrected chi connectivity index (χ4v) is 3.81. The Morgan fingerprint density at radius 2 is 1.84 bits per heavy atom. The number of hydrogen-bond acceptors (Lipinski definition) is 2. The number of hydrogen-bond donors (Lipinski definition) is 1. The van der Waals surface area contributed by atoms with E-state index in [4.69, 9.17) is 16.6 Å². The van der Waals surface area contributed by atoms with Crippen molar-refractivity contribution in [2.45, 2.75) is 26.3 Å². The Kier molecular flexibility index (Phi) is 6.33. The third-order valence-corrected chi connectivity index (χ3v) is 5.64. The third-order valence-electron chi connectivity index (χ3n) is 5.29. The van der Waals surface area contributed by atoms with Gasteiger partial charge in [-0.3, -0.25) is 4.79 Å². The summed E-state index contributed by atoms with van der Waals surface area (Å²) in [5.74, 6) is 0.415. The largest absolute Gasteiger partial charge is 0.352 e. The maximum absolute atomic E-state index is 14.4. The monoisotopic (exact) mass is 435 g/mol. The maximum Gasteiger partial charge on any atom is 0.251 e. The van der Waals surface area contributed by atoms with Gasteiger partial charge >= 0.3 is 0 Å². The van der Waals surface area contributed by atoms with Crippen molar-refractivity contribution in [3.63, 3.8) is 0 Å². The molecule has 0 aliphatic heterocycles. The zero-order chi connectivity index (χ0) is 21.8. The van der Waals surface area contributed by atoms with Gasteiger partial charge in [-0.2, -0.15) is 0 Å². The van der Waals surface area contributed by atoms with Crippen LogP contribution in [-0.4, -0.2) is 22.0 Å². The van der Waals surface area contributed by atoms with Gasteiger partial charge in [-0.1, -0.05) is 47.5 Å². The Balaban J connectivity index is 1.48. The summed E-state index contributed by atoms with van der Waals surface area (Å²) in [6.45, 7) is 2.82. The van der Waals surface area contributed by atoms with E-state index in [0.717, 1.165) is 22.4 Å². The Labute approximate surface area is 185 Å². The number of carbonyl (C=O) groups is 1. The number of aromatic nitrogens is 2. The predicted octanol–water partition coefficient (Wildman–Crippen LogP) is 5.55. The molecule has 0 unspecified atom stereocenters. The predicted molar refractivity (Wildman–Crippen MR) is 122 cm³/mol. The average molecular weight is 436 g/mol. The summed E-state index contributed by atoms with van der Waals surface area (Å²) in [6.07, 6.45) is 1.36. The molecule has 31 heavy (non-hydrogen) atoms. The summed E-state index contributed by atoms with van der Waals surface area (Å²) in [5, 5.41) is 3.35. The first-order chi connectivity index (χ1) is 15.0. The molecule has 0 aliphatic carbocycles. The Bertz CT molecular complexity index is 1200. The van der Waals surface area contributed by atoms with Gasteiger partial charge in [-0.25, -0.2) is 9.37 Å². The van der Waals surface area contributed by atoms with Crippen molar-refractivity contribution < 1.29 is 9.18 Å². The normalized spacial score (nSPS) is 11.1. The molecule has 0 saturated carbocycles. The minimum absolute atomic E-state index is 0.0911. The van der Waals surface area contributed by atoms with Crippen molar-refractivity contribution >= 4 is 28.5 Å². The van der Waals surface area contributed by atoms with Gasteiger partial charge in [-0.05, 0) is 49.7 Å². The van der Waals surface area contributed by atoms with E-state index < -0.39 is 0 Å². The molecule has 0 fully saturated rings. The Hall–Kier alpha value is -3.18. The second-order valence-electron chi connectivity index (χ2n) is 7.53. The SMILES string of the molecule is Cc1ccc(C(=O)NCCCc2nc3ccccc3n2Cc2c(F)cccc2Cl)cc1. The van der Waals surface area contributed by atoms with Gasteiger partial charge in [0.2, 0.25) is 0 Å². The maximum atomic E-state index is 14.4. The van der Waals surface area contributed by atoms with Crippen LogP contribution < -0.4 is 5.32 Å². The van der Waals surface area contributed by atoms with Crippen molar-refractivity contribution in [3.05, 3.63) is 100 Å². The summed E-state index contributed by atoms with van der Waals surface area (Å²) in [5.41, 5.74) is 3.99. The smallest absolute Gasteiger partial charge is 0.251 e. The zero-order valence-corrected chi connectivity index (χ0v) is 18.0. The van der Waals surface area contributed by atoms with Crippen LogP contribution in [0.4, 0.5) is 4.39 Å². The summed E-state index contributed by atoms with van der Waals surface area (Å²) in [7, 11) is 0. The number of nitrogens with zero attached hydrogens (tertiary/aromatic N) is 2. The number of amides is 1. The summed E-state index contributed by atoms with van der Waals surface area (Å²) >= 11 is 6.26. The number of carbonyl (C=O) groups excluding carboxylic acids is 1. The molecule has 158 valence electrons. The quantitative estimate of drug-likeness (QED) is 0.387. The number of aryl methyl sites for hydroxylation is 2.